The van der Waals surface area contributed by atoms with Crippen molar-refractivity contribution in [2.45, 2.75) is 11.4 Å². The molecule has 156 valence electrons. The van der Waals surface area contributed by atoms with Crippen LogP contribution in [0, 0.1) is 23.3 Å². The second kappa shape index (κ2) is 8.64. The van der Waals surface area contributed by atoms with Gasteiger partial charge in [0.1, 0.15) is 11.6 Å². The zero-order valence-electron chi connectivity index (χ0n) is 15.1. The summed E-state index contributed by atoms with van der Waals surface area (Å²) in [5.74, 6) is -4.87. The third-order valence-corrected chi connectivity index (χ3v) is 5.45. The van der Waals surface area contributed by atoms with E-state index in [1.165, 1.54) is 24.3 Å². The Labute approximate surface area is 169 Å². The Morgan fingerprint density at radius 3 is 2.13 bits per heavy atom. The lowest BCUT2D eigenvalue weighted by atomic mass is 10.2. The van der Waals surface area contributed by atoms with Crippen LogP contribution in [0.5, 0.6) is 0 Å². The van der Waals surface area contributed by atoms with Crippen LogP contribution >= 0.6 is 0 Å². The van der Waals surface area contributed by atoms with Crippen molar-refractivity contribution in [1.82, 2.24) is 4.72 Å². The van der Waals surface area contributed by atoms with Gasteiger partial charge in [-0.1, -0.05) is 12.1 Å². The van der Waals surface area contributed by atoms with E-state index in [4.69, 9.17) is 0 Å². The molecule has 0 heterocycles. The average Bonchev–Trinajstić information content (AvgIpc) is 2.70. The molecule has 2 N–H and O–H groups in total. The van der Waals surface area contributed by atoms with Crippen LogP contribution in [-0.2, 0) is 16.6 Å². The van der Waals surface area contributed by atoms with Gasteiger partial charge in [-0.2, -0.15) is 0 Å². The van der Waals surface area contributed by atoms with Crippen LogP contribution < -0.4 is 10.0 Å². The lowest BCUT2D eigenvalue weighted by molar-refractivity contribution is 0.102. The Morgan fingerprint density at radius 1 is 0.800 bits per heavy atom. The highest BCUT2D eigenvalue weighted by molar-refractivity contribution is 7.89. The van der Waals surface area contributed by atoms with Gasteiger partial charge in [-0.05, 0) is 48.0 Å². The zero-order chi connectivity index (χ0) is 21.9. The molecule has 0 saturated heterocycles. The van der Waals surface area contributed by atoms with Crippen LogP contribution in [0.4, 0.5) is 23.2 Å². The first-order valence-electron chi connectivity index (χ1n) is 8.46. The minimum atomic E-state index is -4.13. The van der Waals surface area contributed by atoms with Crippen molar-refractivity contribution in [3.63, 3.8) is 0 Å². The van der Waals surface area contributed by atoms with E-state index in [0.717, 1.165) is 30.3 Å². The van der Waals surface area contributed by atoms with Crippen LogP contribution in [-0.4, -0.2) is 14.3 Å². The van der Waals surface area contributed by atoms with Gasteiger partial charge in [0, 0.05) is 18.3 Å². The van der Waals surface area contributed by atoms with Crippen molar-refractivity contribution in [3.8, 4) is 0 Å². The minimum Gasteiger partial charge on any atom is -0.322 e. The van der Waals surface area contributed by atoms with E-state index < -0.39 is 44.8 Å². The SMILES string of the molecule is O=C(Nc1ccc(F)c(F)c1)c1cc(S(=O)(=O)NCc2ccc(F)cc2)ccc1F. The largest absolute Gasteiger partial charge is 0.322 e. The second-order valence-electron chi connectivity index (χ2n) is 6.18. The number of sulfonamides is 1. The highest BCUT2D eigenvalue weighted by Crippen LogP contribution is 2.19. The maximum atomic E-state index is 14.1. The van der Waals surface area contributed by atoms with Gasteiger partial charge in [0.05, 0.1) is 10.5 Å². The van der Waals surface area contributed by atoms with Crippen molar-refractivity contribution in [3.05, 3.63) is 95.1 Å². The number of rotatable bonds is 6. The van der Waals surface area contributed by atoms with Crippen molar-refractivity contribution >= 4 is 21.6 Å². The lowest BCUT2D eigenvalue weighted by Gasteiger charge is -2.10. The first-order valence-corrected chi connectivity index (χ1v) is 9.94. The molecule has 3 aromatic carbocycles. The minimum absolute atomic E-state index is 0.138. The number of carbonyl (C=O) groups is 1. The molecule has 0 fully saturated rings. The number of nitrogens with one attached hydrogen (secondary N) is 2. The molecular formula is C20H14F4N2O3S. The molecule has 0 saturated carbocycles. The van der Waals surface area contributed by atoms with E-state index in [0.29, 0.717) is 11.6 Å². The van der Waals surface area contributed by atoms with Crippen LogP contribution in [0.2, 0.25) is 0 Å². The molecule has 1 amide bonds. The highest BCUT2D eigenvalue weighted by Gasteiger charge is 2.20. The maximum absolute atomic E-state index is 14.1. The maximum Gasteiger partial charge on any atom is 0.258 e. The fourth-order valence-corrected chi connectivity index (χ4v) is 3.53. The fraction of sp³-hybridized carbons (Fsp3) is 0.0500. The Balaban J connectivity index is 1.79. The molecule has 0 aliphatic rings. The van der Waals surface area contributed by atoms with Crippen molar-refractivity contribution in [2.24, 2.45) is 0 Å². The summed E-state index contributed by atoms with van der Waals surface area (Å²) in [6.07, 6.45) is 0. The third kappa shape index (κ3) is 5.02. The first-order chi connectivity index (χ1) is 14.2. The topological polar surface area (TPSA) is 75.3 Å². The number of amides is 1. The summed E-state index contributed by atoms with van der Waals surface area (Å²) in [6, 6.07) is 10.3. The number of benzene rings is 3. The molecule has 0 aliphatic heterocycles. The average molecular weight is 438 g/mol. The van der Waals surface area contributed by atoms with E-state index in [1.54, 1.807) is 0 Å². The van der Waals surface area contributed by atoms with Gasteiger partial charge in [-0.15, -0.1) is 0 Å². The zero-order valence-corrected chi connectivity index (χ0v) is 15.9. The molecule has 0 atom stereocenters. The number of anilines is 1. The van der Waals surface area contributed by atoms with Crippen LogP contribution in [0.1, 0.15) is 15.9 Å². The molecule has 0 bridgehead atoms. The predicted octanol–water partition coefficient (Wildman–Crippen LogP) is 3.97. The number of halogens is 4. The van der Waals surface area contributed by atoms with Gasteiger partial charge < -0.3 is 5.32 Å². The van der Waals surface area contributed by atoms with E-state index in [9.17, 15) is 30.8 Å². The first kappa shape index (κ1) is 21.5. The molecule has 5 nitrogen and oxygen atoms in total. The number of hydrogen-bond donors (Lipinski definition) is 2. The summed E-state index contributed by atoms with van der Waals surface area (Å²) >= 11 is 0. The van der Waals surface area contributed by atoms with Gasteiger partial charge in [-0.25, -0.2) is 30.7 Å². The molecule has 30 heavy (non-hydrogen) atoms. The van der Waals surface area contributed by atoms with Crippen molar-refractivity contribution in [1.29, 1.82) is 0 Å². The smallest absolute Gasteiger partial charge is 0.258 e. The Bertz CT molecular complexity index is 1200. The Hall–Kier alpha value is -3.24. The second-order valence-corrected chi connectivity index (χ2v) is 7.94. The summed E-state index contributed by atoms with van der Waals surface area (Å²) in [4.78, 5) is 11.9. The van der Waals surface area contributed by atoms with Gasteiger partial charge in [0.25, 0.3) is 5.91 Å². The normalized spacial score (nSPS) is 11.3. The van der Waals surface area contributed by atoms with E-state index in [-0.39, 0.29) is 17.1 Å². The monoisotopic (exact) mass is 438 g/mol. The molecule has 0 radical (unpaired) electrons. The summed E-state index contributed by atoms with van der Waals surface area (Å²) in [5, 5.41) is 2.17. The van der Waals surface area contributed by atoms with Crippen molar-refractivity contribution < 1.29 is 30.8 Å². The highest BCUT2D eigenvalue weighted by atomic mass is 32.2. The quantitative estimate of drug-likeness (QED) is 0.572. The number of hydrogen-bond acceptors (Lipinski definition) is 3. The van der Waals surface area contributed by atoms with E-state index in [2.05, 4.69) is 10.0 Å². The molecule has 3 rings (SSSR count). The molecular weight excluding hydrogens is 424 g/mol. The van der Waals surface area contributed by atoms with Gasteiger partial charge >= 0.3 is 0 Å². The molecule has 0 unspecified atom stereocenters. The fourth-order valence-electron chi connectivity index (χ4n) is 2.48. The lowest BCUT2D eigenvalue weighted by Crippen LogP contribution is -2.24. The molecule has 0 aromatic heterocycles. The van der Waals surface area contributed by atoms with E-state index >= 15 is 0 Å². The molecule has 3 aromatic rings. The summed E-state index contributed by atoms with van der Waals surface area (Å²) < 4.78 is 80.5. The summed E-state index contributed by atoms with van der Waals surface area (Å²) in [6.45, 7) is -0.156. The van der Waals surface area contributed by atoms with Gasteiger partial charge in [0.15, 0.2) is 11.6 Å². The molecule has 0 aliphatic carbocycles. The molecule has 10 heteroatoms. The summed E-state index contributed by atoms with van der Waals surface area (Å²) in [7, 11) is -4.13. The molecule has 0 spiro atoms. The summed E-state index contributed by atoms with van der Waals surface area (Å²) in [5.41, 5.74) is -0.260. The van der Waals surface area contributed by atoms with Crippen molar-refractivity contribution in [2.75, 3.05) is 5.32 Å². The Kier molecular flexibility index (Phi) is 6.18. The van der Waals surface area contributed by atoms with Gasteiger partial charge in [0.2, 0.25) is 10.0 Å². The predicted molar refractivity (Wildman–Crippen MR) is 101 cm³/mol. The van der Waals surface area contributed by atoms with Crippen LogP contribution in [0.15, 0.2) is 65.6 Å². The van der Waals surface area contributed by atoms with E-state index in [1.807, 2.05) is 0 Å². The third-order valence-electron chi connectivity index (χ3n) is 4.05. The standard InChI is InChI=1S/C20H14F4N2O3S/c21-13-3-1-12(2-4-13)11-25-30(28,29)15-6-8-17(22)16(10-15)20(27)26-14-5-7-18(23)19(24)9-14/h1-10,25H,11H2,(H,26,27). The van der Waals surface area contributed by atoms with Gasteiger partial charge in [-0.3, -0.25) is 4.79 Å². The van der Waals surface area contributed by atoms with Crippen LogP contribution in [0.25, 0.3) is 0 Å². The Morgan fingerprint density at radius 2 is 1.47 bits per heavy atom. The number of carbonyl (C=O) groups excluding carboxylic acids is 1. The van der Waals surface area contributed by atoms with Crippen LogP contribution in [0.3, 0.4) is 0 Å².